The van der Waals surface area contributed by atoms with Crippen LogP contribution in [0.15, 0.2) is 0 Å². The van der Waals surface area contributed by atoms with E-state index in [1.54, 1.807) is 11.8 Å². The van der Waals surface area contributed by atoms with Gasteiger partial charge in [0.05, 0.1) is 24.5 Å². The molecule has 0 aromatic rings. The molecule has 2 bridgehead atoms. The van der Waals surface area contributed by atoms with Crippen LogP contribution in [-0.4, -0.2) is 71.3 Å². The number of hydrogen-bond acceptors (Lipinski definition) is 6. The number of nitrogens with zero attached hydrogens (tertiary/aromatic N) is 1. The maximum Gasteiger partial charge on any atom is 0.312 e. The van der Waals surface area contributed by atoms with Crippen molar-refractivity contribution in [1.29, 1.82) is 0 Å². The van der Waals surface area contributed by atoms with Gasteiger partial charge in [0, 0.05) is 19.2 Å². The average molecular weight is 451 g/mol. The summed E-state index contributed by atoms with van der Waals surface area (Å²) in [5.74, 6) is -1.92. The van der Waals surface area contributed by atoms with E-state index in [2.05, 4.69) is 5.32 Å². The topological polar surface area (TPSA) is 105 Å². The molecule has 32 heavy (non-hydrogen) atoms. The molecule has 8 nitrogen and oxygen atoms in total. The van der Waals surface area contributed by atoms with Crippen LogP contribution in [0.5, 0.6) is 0 Å². The molecule has 3 heterocycles. The number of aliphatic hydroxyl groups is 1. The fourth-order valence-electron chi connectivity index (χ4n) is 6.47. The van der Waals surface area contributed by atoms with Gasteiger partial charge in [0.1, 0.15) is 11.6 Å². The van der Waals surface area contributed by atoms with E-state index in [9.17, 15) is 14.4 Å². The van der Waals surface area contributed by atoms with E-state index in [1.807, 2.05) is 0 Å². The van der Waals surface area contributed by atoms with Gasteiger partial charge >= 0.3 is 5.97 Å². The molecule has 0 unspecified atom stereocenters. The number of amides is 2. The molecule has 3 aliphatic heterocycles. The first-order valence-electron chi connectivity index (χ1n) is 12.6. The zero-order chi connectivity index (χ0) is 22.7. The molecule has 0 aromatic heterocycles. The van der Waals surface area contributed by atoms with Crippen molar-refractivity contribution in [3.05, 3.63) is 0 Å². The summed E-state index contributed by atoms with van der Waals surface area (Å²) < 4.78 is 11.7. The number of nitrogens with one attached hydrogen (secondary N) is 1. The number of likely N-dealkylation sites (tertiary alicyclic amines) is 1. The maximum atomic E-state index is 13.6. The van der Waals surface area contributed by atoms with Crippen LogP contribution in [0, 0.1) is 11.8 Å². The molecular weight excluding hydrogens is 412 g/mol. The summed E-state index contributed by atoms with van der Waals surface area (Å²) >= 11 is 0. The summed E-state index contributed by atoms with van der Waals surface area (Å²) in [6.07, 6.45) is 9.57. The number of aliphatic hydroxyl groups excluding tert-OH is 1. The number of carbonyl (C=O) groups is 3. The van der Waals surface area contributed by atoms with Crippen LogP contribution in [-0.2, 0) is 23.9 Å². The van der Waals surface area contributed by atoms with Gasteiger partial charge in [-0.15, -0.1) is 0 Å². The Labute approximate surface area is 190 Å². The Bertz CT molecular complexity index is 709. The second-order valence-corrected chi connectivity index (χ2v) is 9.82. The monoisotopic (exact) mass is 450 g/mol. The van der Waals surface area contributed by atoms with Gasteiger partial charge in [0.15, 0.2) is 0 Å². The minimum Gasteiger partial charge on any atom is -0.466 e. The molecule has 1 aliphatic carbocycles. The molecule has 3 saturated heterocycles. The van der Waals surface area contributed by atoms with Gasteiger partial charge < -0.3 is 24.8 Å². The van der Waals surface area contributed by atoms with Crippen LogP contribution in [0.25, 0.3) is 0 Å². The minimum absolute atomic E-state index is 0.131. The third-order valence-electron chi connectivity index (χ3n) is 7.87. The Morgan fingerprint density at radius 1 is 1.16 bits per heavy atom. The van der Waals surface area contributed by atoms with Crippen molar-refractivity contribution in [2.24, 2.45) is 11.8 Å². The largest absolute Gasteiger partial charge is 0.466 e. The van der Waals surface area contributed by atoms with E-state index >= 15 is 0 Å². The molecule has 2 amide bonds. The second kappa shape index (κ2) is 10.1. The summed E-state index contributed by atoms with van der Waals surface area (Å²) in [6.45, 7) is 2.65. The van der Waals surface area contributed by atoms with Crippen molar-refractivity contribution >= 4 is 17.8 Å². The molecular formula is C24H38N2O6. The number of rotatable bonds is 10. The molecule has 0 radical (unpaired) electrons. The predicted molar refractivity (Wildman–Crippen MR) is 117 cm³/mol. The van der Waals surface area contributed by atoms with Gasteiger partial charge in [0.25, 0.3) is 0 Å². The van der Waals surface area contributed by atoms with Crippen molar-refractivity contribution in [3.8, 4) is 0 Å². The molecule has 8 heteroatoms. The molecule has 2 N–H and O–H groups in total. The standard InChI is InChI=1S/C24H38N2O6/c1-2-31-23(30)18-17-12-13-24(32-17)19(18)22(29)26(14-8-3-4-9-15-27)20(24)21(28)25-16-10-6-5-7-11-16/h16-20,27H,2-15H2,1H3,(H,25,28)/t17-,18+,19+,20-,24+/m1/s1. The van der Waals surface area contributed by atoms with Crippen LogP contribution in [0.3, 0.4) is 0 Å². The minimum atomic E-state index is -0.928. The smallest absolute Gasteiger partial charge is 0.312 e. The molecule has 4 rings (SSSR count). The van der Waals surface area contributed by atoms with Gasteiger partial charge in [-0.3, -0.25) is 14.4 Å². The number of unbranched alkanes of at least 4 members (excludes halogenated alkanes) is 3. The van der Waals surface area contributed by atoms with Gasteiger partial charge in [-0.1, -0.05) is 32.1 Å². The van der Waals surface area contributed by atoms with E-state index in [0.29, 0.717) is 19.4 Å². The summed E-state index contributed by atoms with van der Waals surface area (Å²) in [5, 5.41) is 12.2. The van der Waals surface area contributed by atoms with Gasteiger partial charge in [-0.2, -0.15) is 0 Å². The fourth-order valence-corrected chi connectivity index (χ4v) is 6.47. The molecule has 1 saturated carbocycles. The number of carbonyl (C=O) groups excluding carboxylic acids is 3. The Morgan fingerprint density at radius 2 is 1.91 bits per heavy atom. The van der Waals surface area contributed by atoms with Gasteiger partial charge in [-0.05, 0) is 45.4 Å². The highest BCUT2D eigenvalue weighted by atomic mass is 16.6. The summed E-state index contributed by atoms with van der Waals surface area (Å²) in [4.78, 5) is 41.7. The van der Waals surface area contributed by atoms with E-state index in [-0.39, 0.29) is 43.1 Å². The van der Waals surface area contributed by atoms with Crippen molar-refractivity contribution in [1.82, 2.24) is 10.2 Å². The second-order valence-electron chi connectivity index (χ2n) is 9.82. The first-order valence-corrected chi connectivity index (χ1v) is 12.6. The summed E-state index contributed by atoms with van der Waals surface area (Å²) in [6, 6.07) is -0.545. The first kappa shape index (κ1) is 23.5. The highest BCUT2D eigenvalue weighted by Crippen LogP contribution is 2.58. The molecule has 4 fully saturated rings. The maximum absolute atomic E-state index is 13.6. The zero-order valence-electron chi connectivity index (χ0n) is 19.2. The van der Waals surface area contributed by atoms with Crippen LogP contribution in [0.2, 0.25) is 0 Å². The van der Waals surface area contributed by atoms with E-state index in [1.165, 1.54) is 6.42 Å². The molecule has 180 valence electrons. The van der Waals surface area contributed by atoms with Crippen LogP contribution >= 0.6 is 0 Å². The van der Waals surface area contributed by atoms with Crippen LogP contribution in [0.1, 0.15) is 77.6 Å². The van der Waals surface area contributed by atoms with Crippen LogP contribution < -0.4 is 5.32 Å². The van der Waals surface area contributed by atoms with E-state index in [0.717, 1.165) is 51.4 Å². The SMILES string of the molecule is CCOC(=O)[C@@H]1[C@H]2C(=O)N(CCCCCCO)[C@H](C(=O)NC3CCCCC3)[C@]23CC[C@H]1O3. The van der Waals surface area contributed by atoms with E-state index in [4.69, 9.17) is 14.6 Å². The highest BCUT2D eigenvalue weighted by molar-refractivity contribution is 5.98. The number of ether oxygens (including phenoxy) is 2. The molecule has 1 spiro atoms. The summed E-state index contributed by atoms with van der Waals surface area (Å²) in [5.41, 5.74) is -0.928. The van der Waals surface area contributed by atoms with Crippen LogP contribution in [0.4, 0.5) is 0 Å². The zero-order valence-corrected chi connectivity index (χ0v) is 19.2. The lowest BCUT2D eigenvalue weighted by molar-refractivity contribution is -0.154. The lowest BCUT2D eigenvalue weighted by Crippen LogP contribution is -2.57. The number of hydrogen-bond donors (Lipinski definition) is 2. The third-order valence-corrected chi connectivity index (χ3v) is 7.87. The van der Waals surface area contributed by atoms with Crippen molar-refractivity contribution < 1.29 is 29.0 Å². The molecule has 0 aromatic carbocycles. The summed E-state index contributed by atoms with van der Waals surface area (Å²) in [7, 11) is 0. The number of fused-ring (bicyclic) bond motifs is 1. The van der Waals surface area contributed by atoms with Crippen molar-refractivity contribution in [2.45, 2.75) is 101 Å². The third kappa shape index (κ3) is 4.16. The molecule has 4 aliphatic rings. The predicted octanol–water partition coefficient (Wildman–Crippen LogP) is 1.93. The van der Waals surface area contributed by atoms with E-state index < -0.39 is 23.5 Å². The van der Waals surface area contributed by atoms with Gasteiger partial charge in [-0.25, -0.2) is 0 Å². The lowest BCUT2D eigenvalue weighted by atomic mass is 9.70. The quantitative estimate of drug-likeness (QED) is 0.389. The molecule has 5 atom stereocenters. The first-order chi connectivity index (χ1) is 15.5. The Kier molecular flexibility index (Phi) is 7.40. The average Bonchev–Trinajstić information content (AvgIpc) is 3.42. The van der Waals surface area contributed by atoms with Gasteiger partial charge in [0.2, 0.25) is 11.8 Å². The highest BCUT2D eigenvalue weighted by Gasteiger charge is 2.74. The Morgan fingerprint density at radius 3 is 2.62 bits per heavy atom. The Hall–Kier alpha value is -1.67. The van der Waals surface area contributed by atoms with Crippen molar-refractivity contribution in [2.75, 3.05) is 19.8 Å². The lowest BCUT2D eigenvalue weighted by Gasteiger charge is -2.35. The normalized spacial score (nSPS) is 34.1. The Balaban J connectivity index is 1.56. The fraction of sp³-hybridized carbons (Fsp3) is 0.875. The number of esters is 1. The van der Waals surface area contributed by atoms with Crippen molar-refractivity contribution in [3.63, 3.8) is 0 Å².